The van der Waals surface area contributed by atoms with Crippen molar-refractivity contribution in [2.24, 2.45) is 5.41 Å². The van der Waals surface area contributed by atoms with E-state index in [-0.39, 0.29) is 5.60 Å². The van der Waals surface area contributed by atoms with Crippen molar-refractivity contribution in [3.05, 3.63) is 0 Å². The standard InChI is InChI=1S/C10H19NO/c1-2-9(4-3-5-9)6-10(12)7-11-8-10/h11-12H,2-8H2,1H3. The second-order valence-electron chi connectivity index (χ2n) is 4.71. The second kappa shape index (κ2) is 2.71. The Morgan fingerprint density at radius 1 is 1.33 bits per heavy atom. The summed E-state index contributed by atoms with van der Waals surface area (Å²) in [6.07, 6.45) is 6.33. The molecule has 70 valence electrons. The highest BCUT2D eigenvalue weighted by atomic mass is 16.3. The second-order valence-corrected chi connectivity index (χ2v) is 4.71. The van der Waals surface area contributed by atoms with Crippen LogP contribution in [0.4, 0.5) is 0 Å². The van der Waals surface area contributed by atoms with Crippen LogP contribution in [-0.2, 0) is 0 Å². The van der Waals surface area contributed by atoms with Crippen molar-refractivity contribution in [3.8, 4) is 0 Å². The molecule has 2 heteroatoms. The van der Waals surface area contributed by atoms with Gasteiger partial charge in [-0.05, 0) is 24.7 Å². The van der Waals surface area contributed by atoms with Gasteiger partial charge >= 0.3 is 0 Å². The number of nitrogens with one attached hydrogen (secondary N) is 1. The lowest BCUT2D eigenvalue weighted by Gasteiger charge is -2.50. The summed E-state index contributed by atoms with van der Waals surface area (Å²) in [6.45, 7) is 3.89. The summed E-state index contributed by atoms with van der Waals surface area (Å²) in [7, 11) is 0. The summed E-state index contributed by atoms with van der Waals surface area (Å²) in [5.41, 5.74) is 0.160. The lowest BCUT2D eigenvalue weighted by molar-refractivity contribution is -0.0730. The molecular weight excluding hydrogens is 150 g/mol. The number of hydrogen-bond donors (Lipinski definition) is 2. The van der Waals surface area contributed by atoms with Gasteiger partial charge in [-0.3, -0.25) is 0 Å². The van der Waals surface area contributed by atoms with Crippen molar-refractivity contribution >= 4 is 0 Å². The van der Waals surface area contributed by atoms with E-state index in [1.807, 2.05) is 0 Å². The van der Waals surface area contributed by atoms with E-state index in [4.69, 9.17) is 0 Å². The molecule has 0 atom stereocenters. The lowest BCUT2D eigenvalue weighted by atomic mass is 9.61. The highest BCUT2D eigenvalue weighted by Gasteiger charge is 2.45. The van der Waals surface area contributed by atoms with E-state index in [2.05, 4.69) is 12.2 Å². The number of rotatable bonds is 3. The first-order chi connectivity index (χ1) is 5.68. The van der Waals surface area contributed by atoms with Crippen LogP contribution in [0.2, 0.25) is 0 Å². The Hall–Kier alpha value is -0.0800. The van der Waals surface area contributed by atoms with Crippen LogP contribution in [-0.4, -0.2) is 23.8 Å². The minimum Gasteiger partial charge on any atom is -0.387 e. The maximum absolute atomic E-state index is 9.98. The molecule has 1 saturated heterocycles. The van der Waals surface area contributed by atoms with Crippen molar-refractivity contribution in [2.75, 3.05) is 13.1 Å². The average Bonchev–Trinajstić information content (AvgIpc) is 1.93. The molecule has 0 bridgehead atoms. The van der Waals surface area contributed by atoms with Crippen molar-refractivity contribution < 1.29 is 5.11 Å². The molecular formula is C10H19NO. The van der Waals surface area contributed by atoms with Crippen LogP contribution in [0, 0.1) is 5.41 Å². The average molecular weight is 169 g/mol. The van der Waals surface area contributed by atoms with Crippen molar-refractivity contribution in [1.29, 1.82) is 0 Å². The van der Waals surface area contributed by atoms with Gasteiger partial charge in [0.2, 0.25) is 0 Å². The van der Waals surface area contributed by atoms with Crippen LogP contribution >= 0.6 is 0 Å². The van der Waals surface area contributed by atoms with Crippen LogP contribution in [0.1, 0.15) is 39.0 Å². The van der Waals surface area contributed by atoms with E-state index in [1.54, 1.807) is 0 Å². The van der Waals surface area contributed by atoms with E-state index in [0.29, 0.717) is 5.41 Å². The molecule has 0 aromatic carbocycles. The van der Waals surface area contributed by atoms with E-state index < -0.39 is 0 Å². The molecule has 2 N–H and O–H groups in total. The van der Waals surface area contributed by atoms with Crippen molar-refractivity contribution in [2.45, 2.75) is 44.6 Å². The number of aliphatic hydroxyl groups is 1. The van der Waals surface area contributed by atoms with Gasteiger partial charge in [-0.15, -0.1) is 0 Å². The zero-order valence-electron chi connectivity index (χ0n) is 7.90. The van der Waals surface area contributed by atoms with Crippen molar-refractivity contribution in [3.63, 3.8) is 0 Å². The zero-order chi connectivity index (χ0) is 8.66. The third-order valence-electron chi connectivity index (χ3n) is 3.78. The van der Waals surface area contributed by atoms with Gasteiger partial charge in [0.15, 0.2) is 0 Å². The molecule has 0 spiro atoms. The molecule has 2 fully saturated rings. The molecule has 1 saturated carbocycles. The molecule has 0 radical (unpaired) electrons. The fourth-order valence-corrected chi connectivity index (χ4v) is 2.57. The lowest BCUT2D eigenvalue weighted by Crippen LogP contribution is -2.62. The largest absolute Gasteiger partial charge is 0.387 e. The molecule has 12 heavy (non-hydrogen) atoms. The predicted octanol–water partition coefficient (Wildman–Crippen LogP) is 1.29. The van der Waals surface area contributed by atoms with E-state index >= 15 is 0 Å². The molecule has 2 rings (SSSR count). The van der Waals surface area contributed by atoms with Gasteiger partial charge in [-0.1, -0.05) is 19.8 Å². The predicted molar refractivity (Wildman–Crippen MR) is 49.0 cm³/mol. The molecule has 2 nitrogen and oxygen atoms in total. The fourth-order valence-electron chi connectivity index (χ4n) is 2.57. The topological polar surface area (TPSA) is 32.3 Å². The van der Waals surface area contributed by atoms with E-state index in [1.165, 1.54) is 25.7 Å². The molecule has 0 aromatic heterocycles. The molecule has 0 amide bonds. The highest BCUT2D eigenvalue weighted by molar-refractivity contribution is 5.00. The smallest absolute Gasteiger partial charge is 0.0900 e. The fraction of sp³-hybridized carbons (Fsp3) is 1.00. The SMILES string of the molecule is CCC1(CC2(O)CNC2)CCC1. The summed E-state index contributed by atoms with van der Waals surface area (Å²) in [6, 6.07) is 0. The Balaban J connectivity index is 1.91. The zero-order valence-corrected chi connectivity index (χ0v) is 7.90. The minimum atomic E-state index is -0.351. The minimum absolute atomic E-state index is 0.351. The Kier molecular flexibility index (Phi) is 1.92. The Morgan fingerprint density at radius 3 is 2.25 bits per heavy atom. The summed E-state index contributed by atoms with van der Waals surface area (Å²) in [4.78, 5) is 0. The van der Waals surface area contributed by atoms with Crippen molar-refractivity contribution in [1.82, 2.24) is 5.32 Å². The molecule has 1 aliphatic heterocycles. The van der Waals surface area contributed by atoms with Crippen LogP contribution < -0.4 is 5.32 Å². The molecule has 2 aliphatic rings. The highest BCUT2D eigenvalue weighted by Crippen LogP contribution is 2.49. The summed E-state index contributed by atoms with van der Waals surface area (Å²) in [5.74, 6) is 0. The first-order valence-electron chi connectivity index (χ1n) is 5.11. The van der Waals surface area contributed by atoms with Crippen LogP contribution in [0.3, 0.4) is 0 Å². The first kappa shape index (κ1) is 8.52. The van der Waals surface area contributed by atoms with Crippen LogP contribution in [0.5, 0.6) is 0 Å². The van der Waals surface area contributed by atoms with Gasteiger partial charge in [-0.25, -0.2) is 0 Å². The first-order valence-corrected chi connectivity index (χ1v) is 5.11. The van der Waals surface area contributed by atoms with Gasteiger partial charge < -0.3 is 10.4 Å². The molecule has 1 aliphatic carbocycles. The quantitative estimate of drug-likeness (QED) is 0.667. The van der Waals surface area contributed by atoms with Gasteiger partial charge in [0.1, 0.15) is 0 Å². The van der Waals surface area contributed by atoms with E-state index in [9.17, 15) is 5.11 Å². The molecule has 0 unspecified atom stereocenters. The van der Waals surface area contributed by atoms with Gasteiger partial charge in [-0.2, -0.15) is 0 Å². The van der Waals surface area contributed by atoms with Crippen LogP contribution in [0.15, 0.2) is 0 Å². The van der Waals surface area contributed by atoms with Gasteiger partial charge in [0.25, 0.3) is 0 Å². The van der Waals surface area contributed by atoms with Gasteiger partial charge in [0, 0.05) is 13.1 Å². The monoisotopic (exact) mass is 169 g/mol. The summed E-state index contributed by atoms with van der Waals surface area (Å²) in [5, 5.41) is 13.1. The molecule has 0 aromatic rings. The van der Waals surface area contributed by atoms with Crippen LogP contribution in [0.25, 0.3) is 0 Å². The summed E-state index contributed by atoms with van der Waals surface area (Å²) >= 11 is 0. The Morgan fingerprint density at radius 2 is 2.00 bits per heavy atom. The molecule has 1 heterocycles. The number of β-amino-alcohol motifs (C(OH)–C–C–N with tert-alkyl or cyclic N) is 1. The third-order valence-corrected chi connectivity index (χ3v) is 3.78. The number of hydrogen-bond acceptors (Lipinski definition) is 2. The Bertz CT molecular complexity index is 165. The van der Waals surface area contributed by atoms with Gasteiger partial charge in [0.05, 0.1) is 5.60 Å². The third kappa shape index (κ3) is 1.27. The van der Waals surface area contributed by atoms with E-state index in [0.717, 1.165) is 19.5 Å². The maximum atomic E-state index is 9.98. The Labute approximate surface area is 74.4 Å². The normalized spacial score (nSPS) is 30.5. The maximum Gasteiger partial charge on any atom is 0.0900 e. The summed E-state index contributed by atoms with van der Waals surface area (Å²) < 4.78 is 0.